The van der Waals surface area contributed by atoms with Gasteiger partial charge in [0.15, 0.2) is 0 Å². The molecule has 2 saturated carbocycles. The highest BCUT2D eigenvalue weighted by molar-refractivity contribution is 8.00. The van der Waals surface area contributed by atoms with E-state index < -0.39 is 0 Å². The van der Waals surface area contributed by atoms with Crippen molar-refractivity contribution in [1.82, 2.24) is 9.62 Å². The summed E-state index contributed by atoms with van der Waals surface area (Å²) in [5.74, 6) is 0. The van der Waals surface area contributed by atoms with Gasteiger partial charge >= 0.3 is 6.03 Å². The zero-order valence-corrected chi connectivity index (χ0v) is 18.2. The third-order valence-corrected chi connectivity index (χ3v) is 8.06. The van der Waals surface area contributed by atoms with Crippen LogP contribution in [0.3, 0.4) is 0 Å². The van der Waals surface area contributed by atoms with Gasteiger partial charge < -0.3 is 5.32 Å². The molecule has 4 aliphatic carbocycles. The molecule has 0 spiro atoms. The smallest absolute Gasteiger partial charge is 0.307 e. The van der Waals surface area contributed by atoms with E-state index in [1.165, 1.54) is 85.6 Å². The Hall–Kier alpha value is -1.46. The summed E-state index contributed by atoms with van der Waals surface area (Å²) in [5, 5.41) is 5.25. The summed E-state index contributed by atoms with van der Waals surface area (Å²) in [6, 6.07) is 3.91. The number of rotatable bonds is 7. The maximum absolute atomic E-state index is 12.5. The number of amides is 2. The molecule has 0 aromatic heterocycles. The Bertz CT molecular complexity index is 752. The Morgan fingerprint density at radius 1 is 0.966 bits per heavy atom. The molecular weight excluding hydrogens is 378 g/mol. The molecule has 2 N–H and O–H groups in total. The maximum atomic E-state index is 12.5. The molecule has 0 bridgehead atoms. The SMILES string of the molecule is O=C(NS/C=C/CN(C1CCC1)C1CCC1)Nc1c2c(cc3c1CCC3)CCC2. The van der Waals surface area contributed by atoms with Crippen LogP contribution in [0.5, 0.6) is 0 Å². The first-order chi connectivity index (χ1) is 14.3. The van der Waals surface area contributed by atoms with E-state index in [1.807, 2.05) is 5.41 Å². The van der Waals surface area contributed by atoms with Crippen LogP contribution in [0.2, 0.25) is 0 Å². The summed E-state index contributed by atoms with van der Waals surface area (Å²) in [5.41, 5.74) is 6.81. The van der Waals surface area contributed by atoms with Gasteiger partial charge in [-0.1, -0.05) is 25.0 Å². The Labute approximate surface area is 179 Å². The third kappa shape index (κ3) is 4.09. The average Bonchev–Trinajstić information content (AvgIpc) is 3.27. The van der Waals surface area contributed by atoms with Gasteiger partial charge in [0.05, 0.1) is 0 Å². The Morgan fingerprint density at radius 2 is 1.59 bits per heavy atom. The van der Waals surface area contributed by atoms with E-state index in [1.54, 1.807) is 0 Å². The van der Waals surface area contributed by atoms with E-state index in [-0.39, 0.29) is 6.03 Å². The topological polar surface area (TPSA) is 44.4 Å². The molecule has 0 heterocycles. The number of anilines is 1. The molecule has 5 heteroatoms. The minimum Gasteiger partial charge on any atom is -0.307 e. The molecule has 2 amide bonds. The molecule has 1 aromatic rings. The van der Waals surface area contributed by atoms with E-state index in [0.29, 0.717) is 0 Å². The molecule has 5 rings (SSSR count). The quantitative estimate of drug-likeness (QED) is 0.594. The first kappa shape index (κ1) is 19.5. The number of carbonyl (C=O) groups excluding carboxylic acids is 1. The molecule has 0 radical (unpaired) electrons. The van der Waals surface area contributed by atoms with Crippen LogP contribution in [0.15, 0.2) is 17.6 Å². The van der Waals surface area contributed by atoms with Crippen LogP contribution in [0, 0.1) is 0 Å². The van der Waals surface area contributed by atoms with Gasteiger partial charge in [0, 0.05) is 24.3 Å². The van der Waals surface area contributed by atoms with Crippen molar-refractivity contribution in [3.05, 3.63) is 39.8 Å². The van der Waals surface area contributed by atoms with Crippen LogP contribution in [0.4, 0.5) is 10.5 Å². The van der Waals surface area contributed by atoms with Crippen molar-refractivity contribution in [2.24, 2.45) is 0 Å². The maximum Gasteiger partial charge on any atom is 0.329 e. The molecule has 2 fully saturated rings. The van der Waals surface area contributed by atoms with Crippen LogP contribution in [0.1, 0.15) is 73.6 Å². The molecule has 4 nitrogen and oxygen atoms in total. The van der Waals surface area contributed by atoms with E-state index in [0.717, 1.165) is 50.0 Å². The predicted octanol–water partition coefficient (Wildman–Crippen LogP) is 5.35. The number of carbonyl (C=O) groups is 1. The van der Waals surface area contributed by atoms with Crippen molar-refractivity contribution in [3.8, 4) is 0 Å². The second kappa shape index (κ2) is 8.73. The van der Waals surface area contributed by atoms with Crippen LogP contribution in [0.25, 0.3) is 0 Å². The summed E-state index contributed by atoms with van der Waals surface area (Å²) in [6.45, 7) is 1.02. The highest BCUT2D eigenvalue weighted by atomic mass is 32.2. The lowest BCUT2D eigenvalue weighted by Gasteiger charge is -2.45. The van der Waals surface area contributed by atoms with Gasteiger partial charge in [0.1, 0.15) is 0 Å². The molecule has 1 aromatic carbocycles. The number of fused-ring (bicyclic) bond motifs is 2. The van der Waals surface area contributed by atoms with Gasteiger partial charge in [0.25, 0.3) is 0 Å². The lowest BCUT2D eigenvalue weighted by Crippen LogP contribution is -2.49. The summed E-state index contributed by atoms with van der Waals surface area (Å²) < 4.78 is 2.96. The summed E-state index contributed by atoms with van der Waals surface area (Å²) in [7, 11) is 0. The summed E-state index contributed by atoms with van der Waals surface area (Å²) in [6.07, 6.45) is 17.4. The molecule has 4 aliphatic rings. The number of benzene rings is 1. The van der Waals surface area contributed by atoms with Crippen molar-refractivity contribution in [3.63, 3.8) is 0 Å². The minimum absolute atomic E-state index is 0.0936. The normalized spacial score (nSPS) is 21.1. The second-order valence-electron chi connectivity index (χ2n) is 9.15. The van der Waals surface area contributed by atoms with Crippen LogP contribution >= 0.6 is 11.9 Å². The average molecular weight is 412 g/mol. The van der Waals surface area contributed by atoms with Crippen LogP contribution in [-0.2, 0) is 25.7 Å². The van der Waals surface area contributed by atoms with Gasteiger partial charge in [0.2, 0.25) is 0 Å². The van der Waals surface area contributed by atoms with Crippen molar-refractivity contribution in [2.45, 2.75) is 89.1 Å². The van der Waals surface area contributed by atoms with Gasteiger partial charge in [-0.25, -0.2) is 4.79 Å². The van der Waals surface area contributed by atoms with Gasteiger partial charge in [-0.2, -0.15) is 0 Å². The third-order valence-electron chi connectivity index (χ3n) is 7.43. The monoisotopic (exact) mass is 411 g/mol. The van der Waals surface area contributed by atoms with E-state index >= 15 is 0 Å². The molecular formula is C24H33N3OS. The largest absolute Gasteiger partial charge is 0.329 e. The lowest BCUT2D eigenvalue weighted by atomic mass is 9.84. The number of hydrogen-bond acceptors (Lipinski definition) is 3. The van der Waals surface area contributed by atoms with Gasteiger partial charge in [-0.3, -0.25) is 9.62 Å². The molecule has 0 unspecified atom stereocenters. The highest BCUT2D eigenvalue weighted by Crippen LogP contribution is 2.38. The fourth-order valence-corrected chi connectivity index (χ4v) is 5.85. The van der Waals surface area contributed by atoms with E-state index in [9.17, 15) is 4.79 Å². The Morgan fingerprint density at radius 3 is 2.14 bits per heavy atom. The van der Waals surface area contributed by atoms with E-state index in [2.05, 4.69) is 27.1 Å². The van der Waals surface area contributed by atoms with Crippen molar-refractivity contribution in [2.75, 3.05) is 11.9 Å². The zero-order chi connectivity index (χ0) is 19.6. The second-order valence-corrected chi connectivity index (χ2v) is 9.86. The first-order valence-electron chi connectivity index (χ1n) is 11.6. The van der Waals surface area contributed by atoms with Crippen molar-refractivity contribution >= 4 is 23.7 Å². The summed E-state index contributed by atoms with van der Waals surface area (Å²) >= 11 is 1.39. The summed E-state index contributed by atoms with van der Waals surface area (Å²) in [4.78, 5) is 15.2. The fraction of sp³-hybridized carbons (Fsp3) is 0.625. The fourth-order valence-electron chi connectivity index (χ4n) is 5.44. The standard InChI is InChI=1S/C24H33N3OS/c28-24(25-23-21-12-1-6-17(21)16-18-7-2-13-22(18)23)26-29-15-5-14-27(19-8-3-9-19)20-10-4-11-20/h5,15-16,19-20H,1-4,6-14H2,(H2,25,26,28)/b15-5+. The molecule has 156 valence electrons. The Kier molecular flexibility index (Phi) is 5.87. The number of urea groups is 1. The number of aryl methyl sites for hydroxylation is 2. The predicted molar refractivity (Wildman–Crippen MR) is 121 cm³/mol. The highest BCUT2D eigenvalue weighted by Gasteiger charge is 2.32. The molecule has 0 atom stereocenters. The first-order valence-corrected chi connectivity index (χ1v) is 12.5. The Balaban J connectivity index is 1.14. The number of nitrogens with one attached hydrogen (secondary N) is 2. The van der Waals surface area contributed by atoms with Crippen LogP contribution in [-0.4, -0.2) is 29.6 Å². The van der Waals surface area contributed by atoms with Crippen molar-refractivity contribution in [1.29, 1.82) is 0 Å². The van der Waals surface area contributed by atoms with Gasteiger partial charge in [-0.15, -0.1) is 0 Å². The lowest BCUT2D eigenvalue weighted by molar-refractivity contribution is 0.0521. The molecule has 0 aliphatic heterocycles. The van der Waals surface area contributed by atoms with Gasteiger partial charge in [-0.05, 0) is 104 Å². The molecule has 0 saturated heterocycles. The van der Waals surface area contributed by atoms with Crippen molar-refractivity contribution < 1.29 is 4.79 Å². The zero-order valence-electron chi connectivity index (χ0n) is 17.3. The number of nitrogens with zero attached hydrogens (tertiary/aromatic N) is 1. The molecule has 29 heavy (non-hydrogen) atoms. The number of hydrogen-bond donors (Lipinski definition) is 2. The van der Waals surface area contributed by atoms with Crippen LogP contribution < -0.4 is 10.0 Å². The van der Waals surface area contributed by atoms with E-state index in [4.69, 9.17) is 0 Å². The minimum atomic E-state index is -0.0936.